The Kier molecular flexibility index (Phi) is 4.61. The topological polar surface area (TPSA) is 29.5 Å². The Balaban J connectivity index is 2.05. The molecule has 1 aromatic rings. The summed E-state index contributed by atoms with van der Waals surface area (Å²) >= 11 is 0. The van der Waals surface area contributed by atoms with Gasteiger partial charge in [-0.15, -0.1) is 0 Å². The van der Waals surface area contributed by atoms with Crippen LogP contribution in [0.5, 0.6) is 0 Å². The van der Waals surface area contributed by atoms with Crippen LogP contribution in [0.25, 0.3) is 0 Å². The lowest BCUT2D eigenvalue weighted by molar-refractivity contribution is -0.0271. The van der Waals surface area contributed by atoms with Crippen molar-refractivity contribution in [3.8, 4) is 0 Å². The van der Waals surface area contributed by atoms with Gasteiger partial charge in [0.15, 0.2) is 5.78 Å². The Bertz CT molecular complexity index is 445. The molecule has 0 aromatic heterocycles. The molecule has 0 N–H and O–H groups in total. The van der Waals surface area contributed by atoms with Crippen LogP contribution in [0.15, 0.2) is 18.2 Å². The molecule has 1 saturated heterocycles. The summed E-state index contributed by atoms with van der Waals surface area (Å²) in [5.41, 5.74) is -0.443. The van der Waals surface area contributed by atoms with Gasteiger partial charge in [0, 0.05) is 13.1 Å². The van der Waals surface area contributed by atoms with Gasteiger partial charge in [-0.05, 0) is 18.6 Å². The molecular weight excluding hydrogens is 252 g/mol. The fourth-order valence-electron chi connectivity index (χ4n) is 2.22. The average Bonchev–Trinajstić information content (AvgIpc) is 2.38. The fraction of sp³-hybridized carbons (Fsp3) is 0.500. The number of rotatable bonds is 4. The van der Waals surface area contributed by atoms with E-state index in [0.29, 0.717) is 19.7 Å². The first-order valence-electron chi connectivity index (χ1n) is 6.43. The minimum Gasteiger partial charge on any atom is -0.376 e. The number of Topliss-reactive ketones (excluding diaryl/α,β-unsaturated/α-hetero) is 1. The summed E-state index contributed by atoms with van der Waals surface area (Å²) in [5.74, 6) is -2.12. The maximum atomic E-state index is 13.5. The average molecular weight is 269 g/mol. The zero-order valence-corrected chi connectivity index (χ0v) is 10.9. The summed E-state index contributed by atoms with van der Waals surface area (Å²) in [6.45, 7) is 3.81. The van der Waals surface area contributed by atoms with Crippen molar-refractivity contribution in [3.05, 3.63) is 35.4 Å². The van der Waals surface area contributed by atoms with Gasteiger partial charge in [-0.1, -0.05) is 13.0 Å². The van der Waals surface area contributed by atoms with Gasteiger partial charge < -0.3 is 4.74 Å². The molecule has 2 rings (SSSR count). The van der Waals surface area contributed by atoms with Gasteiger partial charge >= 0.3 is 0 Å². The lowest BCUT2D eigenvalue weighted by atomic mass is 10.1. The van der Waals surface area contributed by atoms with Gasteiger partial charge in [-0.3, -0.25) is 9.69 Å². The van der Waals surface area contributed by atoms with Gasteiger partial charge in [0.05, 0.1) is 24.8 Å². The van der Waals surface area contributed by atoms with E-state index in [1.54, 1.807) is 0 Å². The molecule has 19 heavy (non-hydrogen) atoms. The number of hydrogen-bond donors (Lipinski definition) is 0. The highest BCUT2D eigenvalue weighted by atomic mass is 19.1. The minimum atomic E-state index is -0.801. The Labute approximate surface area is 111 Å². The molecule has 0 spiro atoms. The number of halogens is 2. The molecule has 1 aromatic carbocycles. The van der Waals surface area contributed by atoms with E-state index < -0.39 is 23.0 Å². The molecule has 1 aliphatic heterocycles. The van der Waals surface area contributed by atoms with Gasteiger partial charge in [0.1, 0.15) is 11.6 Å². The second-order valence-corrected chi connectivity index (χ2v) is 4.66. The molecular formula is C14H17F2NO2. The molecule has 5 heteroatoms. The smallest absolute Gasteiger partial charge is 0.182 e. The normalized spacial score (nSPS) is 20.5. The minimum absolute atomic E-state index is 0.0255. The third kappa shape index (κ3) is 3.36. The number of ketones is 1. The third-order valence-electron chi connectivity index (χ3n) is 3.29. The van der Waals surface area contributed by atoms with Crippen LogP contribution >= 0.6 is 0 Å². The molecule has 1 heterocycles. The zero-order chi connectivity index (χ0) is 13.8. The number of carbonyl (C=O) groups is 1. The summed E-state index contributed by atoms with van der Waals surface area (Å²) in [6, 6.07) is 3.46. The number of morpholine rings is 1. The highest BCUT2D eigenvalue weighted by Gasteiger charge is 2.24. The zero-order valence-electron chi connectivity index (χ0n) is 10.9. The van der Waals surface area contributed by atoms with Crippen molar-refractivity contribution in [2.24, 2.45) is 0 Å². The number of ether oxygens (including phenoxy) is 1. The van der Waals surface area contributed by atoms with Gasteiger partial charge in [-0.25, -0.2) is 8.78 Å². The van der Waals surface area contributed by atoms with E-state index in [2.05, 4.69) is 0 Å². The van der Waals surface area contributed by atoms with Crippen molar-refractivity contribution in [2.45, 2.75) is 19.4 Å². The van der Waals surface area contributed by atoms with Crippen molar-refractivity contribution in [3.63, 3.8) is 0 Å². The van der Waals surface area contributed by atoms with Crippen molar-refractivity contribution >= 4 is 5.78 Å². The first-order valence-corrected chi connectivity index (χ1v) is 6.43. The first kappa shape index (κ1) is 14.1. The maximum Gasteiger partial charge on any atom is 0.182 e. The fourth-order valence-corrected chi connectivity index (χ4v) is 2.22. The van der Waals surface area contributed by atoms with Crippen LogP contribution in [0, 0.1) is 11.6 Å². The van der Waals surface area contributed by atoms with Crippen LogP contribution in [0.3, 0.4) is 0 Å². The Hall–Kier alpha value is -1.33. The Morgan fingerprint density at radius 3 is 2.74 bits per heavy atom. The second kappa shape index (κ2) is 6.21. The number of carbonyl (C=O) groups excluding carboxylic acids is 1. The second-order valence-electron chi connectivity index (χ2n) is 4.66. The van der Waals surface area contributed by atoms with E-state index in [4.69, 9.17) is 4.74 Å². The SMILES string of the molecule is CCC1CN(CC(=O)c2c(F)cccc2F)CCO1. The lowest BCUT2D eigenvalue weighted by Crippen LogP contribution is -2.44. The molecule has 0 aliphatic carbocycles. The van der Waals surface area contributed by atoms with E-state index in [0.717, 1.165) is 18.6 Å². The Morgan fingerprint density at radius 1 is 1.42 bits per heavy atom. The molecule has 0 amide bonds. The van der Waals surface area contributed by atoms with Crippen molar-refractivity contribution in [1.82, 2.24) is 4.90 Å². The highest BCUT2D eigenvalue weighted by molar-refractivity contribution is 5.98. The molecule has 1 atom stereocenters. The Morgan fingerprint density at radius 2 is 2.11 bits per heavy atom. The summed E-state index contributed by atoms with van der Waals surface area (Å²) in [4.78, 5) is 13.9. The van der Waals surface area contributed by atoms with Gasteiger partial charge in [-0.2, -0.15) is 0 Å². The van der Waals surface area contributed by atoms with Crippen LogP contribution in [0.2, 0.25) is 0 Å². The molecule has 104 valence electrons. The molecule has 0 radical (unpaired) electrons. The van der Waals surface area contributed by atoms with Crippen LogP contribution in [0.1, 0.15) is 23.7 Å². The van der Waals surface area contributed by atoms with E-state index in [9.17, 15) is 13.6 Å². The largest absolute Gasteiger partial charge is 0.376 e. The van der Waals surface area contributed by atoms with Crippen molar-refractivity contribution in [2.75, 3.05) is 26.2 Å². The van der Waals surface area contributed by atoms with Gasteiger partial charge in [0.2, 0.25) is 0 Å². The van der Waals surface area contributed by atoms with E-state index in [1.807, 2.05) is 11.8 Å². The summed E-state index contributed by atoms with van der Waals surface area (Å²) in [5, 5.41) is 0. The quantitative estimate of drug-likeness (QED) is 0.785. The lowest BCUT2D eigenvalue weighted by Gasteiger charge is -2.31. The van der Waals surface area contributed by atoms with Crippen molar-refractivity contribution in [1.29, 1.82) is 0 Å². The summed E-state index contributed by atoms with van der Waals surface area (Å²) < 4.78 is 32.5. The summed E-state index contributed by atoms with van der Waals surface area (Å²) in [6.07, 6.45) is 0.950. The standard InChI is InChI=1S/C14H17F2NO2/c1-2-10-8-17(6-7-19-10)9-13(18)14-11(15)4-3-5-12(14)16/h3-5,10H,2,6-9H2,1H3. The number of nitrogens with zero attached hydrogens (tertiary/aromatic N) is 1. The predicted octanol–water partition coefficient (Wildman–Crippen LogP) is 2.26. The number of hydrogen-bond acceptors (Lipinski definition) is 3. The maximum absolute atomic E-state index is 13.5. The first-order chi connectivity index (χ1) is 9.11. The van der Waals surface area contributed by atoms with Gasteiger partial charge in [0.25, 0.3) is 0 Å². The van der Waals surface area contributed by atoms with Crippen molar-refractivity contribution < 1.29 is 18.3 Å². The monoisotopic (exact) mass is 269 g/mol. The van der Waals surface area contributed by atoms with Crippen LogP contribution < -0.4 is 0 Å². The summed E-state index contributed by atoms with van der Waals surface area (Å²) in [7, 11) is 0. The number of benzene rings is 1. The van der Waals surface area contributed by atoms with Crippen LogP contribution in [-0.4, -0.2) is 43.0 Å². The molecule has 0 bridgehead atoms. The van der Waals surface area contributed by atoms with E-state index >= 15 is 0 Å². The highest BCUT2D eigenvalue weighted by Crippen LogP contribution is 2.15. The van der Waals surface area contributed by atoms with Crippen LogP contribution in [0.4, 0.5) is 8.78 Å². The molecule has 1 aliphatic rings. The molecule has 0 saturated carbocycles. The molecule has 3 nitrogen and oxygen atoms in total. The third-order valence-corrected chi connectivity index (χ3v) is 3.29. The van der Waals surface area contributed by atoms with Crippen LogP contribution in [-0.2, 0) is 4.74 Å². The predicted molar refractivity (Wildman–Crippen MR) is 67.2 cm³/mol. The molecule has 1 unspecified atom stereocenters. The van der Waals surface area contributed by atoms with E-state index in [1.165, 1.54) is 6.07 Å². The van der Waals surface area contributed by atoms with E-state index in [-0.39, 0.29) is 12.6 Å². The molecule has 1 fully saturated rings.